The smallest absolute Gasteiger partial charge is 0.222 e. The number of likely N-dealkylation sites (tertiary alicyclic amines) is 1. The summed E-state index contributed by atoms with van der Waals surface area (Å²) in [7, 11) is 1.94. The molecule has 0 unspecified atom stereocenters. The maximum atomic E-state index is 12.6. The molecule has 134 valence electrons. The highest BCUT2D eigenvalue weighted by Crippen LogP contribution is 2.35. The molecule has 2 fully saturated rings. The lowest BCUT2D eigenvalue weighted by Gasteiger charge is -2.18. The van der Waals surface area contributed by atoms with Crippen LogP contribution in [0.3, 0.4) is 0 Å². The van der Waals surface area contributed by atoms with Gasteiger partial charge in [0.25, 0.3) is 0 Å². The van der Waals surface area contributed by atoms with Gasteiger partial charge in [0.2, 0.25) is 5.91 Å². The van der Waals surface area contributed by atoms with E-state index in [1.165, 1.54) is 12.8 Å². The second-order valence-electron chi connectivity index (χ2n) is 7.18. The average Bonchev–Trinajstić information content (AvgIpc) is 3.19. The number of nitrogens with zero attached hydrogens (tertiary/aromatic N) is 6. The molecule has 1 aliphatic heterocycles. The van der Waals surface area contributed by atoms with Gasteiger partial charge in [0.15, 0.2) is 5.69 Å². The maximum Gasteiger partial charge on any atom is 0.222 e. The fourth-order valence-corrected chi connectivity index (χ4v) is 3.43. The Morgan fingerprint density at radius 2 is 2.19 bits per heavy atom. The predicted molar refractivity (Wildman–Crippen MR) is 94.0 cm³/mol. The summed E-state index contributed by atoms with van der Waals surface area (Å²) in [6.07, 6.45) is 6.77. The Bertz CT molecular complexity index is 834. The molecule has 1 aliphatic carbocycles. The third-order valence-electron chi connectivity index (χ3n) is 5.05. The van der Waals surface area contributed by atoms with Gasteiger partial charge in [0.1, 0.15) is 11.9 Å². The number of rotatable bonds is 5. The Labute approximate surface area is 151 Å². The molecule has 8 nitrogen and oxygen atoms in total. The molecule has 2 aromatic heterocycles. The van der Waals surface area contributed by atoms with Gasteiger partial charge in [-0.3, -0.25) is 4.79 Å². The van der Waals surface area contributed by atoms with E-state index in [1.807, 2.05) is 28.8 Å². The number of hydrogen-bond donors (Lipinski definition) is 1. The van der Waals surface area contributed by atoms with E-state index in [9.17, 15) is 4.79 Å². The van der Waals surface area contributed by atoms with Crippen LogP contribution in [0.25, 0.3) is 0 Å². The quantitative estimate of drug-likeness (QED) is 0.871. The fourth-order valence-electron chi connectivity index (χ4n) is 3.43. The van der Waals surface area contributed by atoms with Crippen molar-refractivity contribution in [3.63, 3.8) is 0 Å². The average molecular weight is 351 g/mol. The monoisotopic (exact) mass is 351 g/mol. The van der Waals surface area contributed by atoms with Gasteiger partial charge in [-0.2, -0.15) is 5.26 Å². The number of nitrogens with one attached hydrogen (secondary N) is 1. The van der Waals surface area contributed by atoms with Crippen LogP contribution in [0.4, 0.5) is 5.82 Å². The third kappa shape index (κ3) is 3.52. The van der Waals surface area contributed by atoms with E-state index >= 15 is 0 Å². The number of aromatic nitrogens is 4. The van der Waals surface area contributed by atoms with E-state index in [4.69, 9.17) is 5.26 Å². The first-order valence-electron chi connectivity index (χ1n) is 8.88. The lowest BCUT2D eigenvalue weighted by Crippen LogP contribution is -2.32. The molecule has 3 heterocycles. The number of amides is 1. The highest BCUT2D eigenvalue weighted by Gasteiger charge is 2.39. The number of carbonyl (C=O) groups is 1. The Kier molecular flexibility index (Phi) is 4.29. The first kappa shape index (κ1) is 16.5. The van der Waals surface area contributed by atoms with Gasteiger partial charge in [-0.05, 0) is 30.9 Å². The van der Waals surface area contributed by atoms with Gasteiger partial charge in [-0.15, -0.1) is 10.2 Å². The second-order valence-corrected chi connectivity index (χ2v) is 7.18. The predicted octanol–water partition coefficient (Wildman–Crippen LogP) is 1.29. The topological polar surface area (TPSA) is 99.7 Å². The van der Waals surface area contributed by atoms with E-state index in [0.717, 1.165) is 5.69 Å². The van der Waals surface area contributed by atoms with Crippen molar-refractivity contribution in [3.05, 3.63) is 36.0 Å². The summed E-state index contributed by atoms with van der Waals surface area (Å²) in [5, 5.41) is 20.2. The van der Waals surface area contributed by atoms with Crippen LogP contribution in [-0.2, 0) is 11.8 Å². The largest absolute Gasteiger partial charge is 0.363 e. The lowest BCUT2D eigenvalue weighted by molar-refractivity contribution is -0.130. The molecule has 8 heteroatoms. The summed E-state index contributed by atoms with van der Waals surface area (Å²) in [5.74, 6) is 1.50. The van der Waals surface area contributed by atoms with Crippen LogP contribution in [0.2, 0.25) is 0 Å². The summed E-state index contributed by atoms with van der Waals surface area (Å²) in [6.45, 7) is 1.28. The van der Waals surface area contributed by atoms with Crippen LogP contribution >= 0.6 is 0 Å². The number of imidazole rings is 1. The van der Waals surface area contributed by atoms with Gasteiger partial charge < -0.3 is 14.8 Å². The molecule has 2 aromatic rings. The molecule has 1 N–H and O–H groups in total. The van der Waals surface area contributed by atoms with Crippen LogP contribution in [0.5, 0.6) is 0 Å². The first-order chi connectivity index (χ1) is 12.6. The van der Waals surface area contributed by atoms with E-state index in [1.54, 1.807) is 18.5 Å². The van der Waals surface area contributed by atoms with Crippen LogP contribution in [0.15, 0.2) is 24.7 Å². The molecule has 1 saturated heterocycles. The number of carbonyl (C=O) groups excluding carboxylic acids is 1. The molecular weight excluding hydrogens is 330 g/mol. The normalized spacial score (nSPS) is 22.2. The van der Waals surface area contributed by atoms with Crippen molar-refractivity contribution in [1.82, 2.24) is 24.6 Å². The number of hydrogen-bond acceptors (Lipinski definition) is 6. The molecule has 0 aromatic carbocycles. The lowest BCUT2D eigenvalue weighted by atomic mass is 10.0. The Balaban J connectivity index is 1.52. The number of nitriles is 1. The minimum atomic E-state index is 0.00953. The zero-order valence-electron chi connectivity index (χ0n) is 14.7. The Morgan fingerprint density at radius 1 is 1.35 bits per heavy atom. The molecule has 1 saturated carbocycles. The van der Waals surface area contributed by atoms with Crippen LogP contribution in [0.1, 0.15) is 36.6 Å². The molecule has 2 aliphatic rings. The fraction of sp³-hybridized carbons (Fsp3) is 0.500. The van der Waals surface area contributed by atoms with E-state index in [-0.39, 0.29) is 23.6 Å². The standard InChI is InChI=1S/C18H21N7O/c1-24-9-15(20-11-24)14-8-25(18(26)6-12-2-3-12)10-16(14)21-17-5-4-13(7-19)22-23-17/h4-5,9,11-12,14,16H,2-3,6,8,10H2,1H3,(H,21,23)/t14-,16+/m0/s1. The van der Waals surface area contributed by atoms with Crippen molar-refractivity contribution in [2.75, 3.05) is 18.4 Å². The maximum absolute atomic E-state index is 12.6. The van der Waals surface area contributed by atoms with Gasteiger partial charge in [0.05, 0.1) is 18.1 Å². The molecular formula is C18H21N7O. The van der Waals surface area contributed by atoms with Crippen molar-refractivity contribution in [2.45, 2.75) is 31.2 Å². The van der Waals surface area contributed by atoms with Gasteiger partial charge in [0, 0.05) is 38.7 Å². The highest BCUT2D eigenvalue weighted by atomic mass is 16.2. The number of aryl methyl sites for hydroxylation is 1. The van der Waals surface area contributed by atoms with Crippen LogP contribution in [0, 0.1) is 17.2 Å². The molecule has 0 spiro atoms. The highest BCUT2D eigenvalue weighted by molar-refractivity contribution is 5.77. The van der Waals surface area contributed by atoms with Crippen LogP contribution in [-0.4, -0.2) is 49.7 Å². The zero-order chi connectivity index (χ0) is 18.1. The van der Waals surface area contributed by atoms with Crippen molar-refractivity contribution in [1.29, 1.82) is 5.26 Å². The molecule has 26 heavy (non-hydrogen) atoms. The zero-order valence-corrected chi connectivity index (χ0v) is 14.7. The SMILES string of the molecule is Cn1cnc([C@@H]2CN(C(=O)CC3CC3)C[C@H]2Nc2ccc(C#N)nn2)c1. The molecule has 4 rings (SSSR count). The molecule has 2 atom stereocenters. The molecule has 0 bridgehead atoms. The molecule has 0 radical (unpaired) electrons. The summed E-state index contributed by atoms with van der Waals surface area (Å²) in [6, 6.07) is 5.35. The second kappa shape index (κ2) is 6.75. The van der Waals surface area contributed by atoms with Gasteiger partial charge in [-0.1, -0.05) is 0 Å². The minimum absolute atomic E-state index is 0.00953. The van der Waals surface area contributed by atoms with Crippen molar-refractivity contribution >= 4 is 11.7 Å². The van der Waals surface area contributed by atoms with E-state index < -0.39 is 0 Å². The van der Waals surface area contributed by atoms with Gasteiger partial charge >= 0.3 is 0 Å². The molecule has 1 amide bonds. The summed E-state index contributed by atoms with van der Waals surface area (Å²) < 4.78 is 1.92. The third-order valence-corrected chi connectivity index (χ3v) is 5.05. The van der Waals surface area contributed by atoms with Crippen molar-refractivity contribution in [2.24, 2.45) is 13.0 Å². The number of anilines is 1. The van der Waals surface area contributed by atoms with Gasteiger partial charge in [-0.25, -0.2) is 4.98 Å². The van der Waals surface area contributed by atoms with E-state index in [0.29, 0.717) is 31.2 Å². The first-order valence-corrected chi connectivity index (χ1v) is 8.88. The Hall–Kier alpha value is -2.95. The summed E-state index contributed by atoms with van der Waals surface area (Å²) >= 11 is 0. The minimum Gasteiger partial charge on any atom is -0.363 e. The van der Waals surface area contributed by atoms with Crippen LogP contribution < -0.4 is 5.32 Å². The summed E-state index contributed by atoms with van der Waals surface area (Å²) in [4.78, 5) is 19.0. The summed E-state index contributed by atoms with van der Waals surface area (Å²) in [5.41, 5.74) is 1.25. The van der Waals surface area contributed by atoms with Crippen molar-refractivity contribution in [3.8, 4) is 6.07 Å². The Morgan fingerprint density at radius 3 is 2.81 bits per heavy atom. The van der Waals surface area contributed by atoms with Crippen molar-refractivity contribution < 1.29 is 4.79 Å². The van der Waals surface area contributed by atoms with E-state index in [2.05, 4.69) is 20.5 Å².